The predicted octanol–water partition coefficient (Wildman–Crippen LogP) is 3.32. The van der Waals surface area contributed by atoms with E-state index in [9.17, 15) is 9.59 Å². The average Bonchev–Trinajstić information content (AvgIpc) is 3.38. The van der Waals surface area contributed by atoms with Crippen molar-refractivity contribution in [3.63, 3.8) is 0 Å². The maximum absolute atomic E-state index is 13.8. The molecule has 2 aliphatic heterocycles. The minimum atomic E-state index is -0.823. The highest BCUT2D eigenvalue weighted by Gasteiger charge is 2.59. The van der Waals surface area contributed by atoms with Crippen LogP contribution in [-0.2, 0) is 21.5 Å². The minimum absolute atomic E-state index is 0.0517. The molecule has 1 spiro atoms. The van der Waals surface area contributed by atoms with Gasteiger partial charge in [0, 0.05) is 36.7 Å². The van der Waals surface area contributed by atoms with Crippen molar-refractivity contribution in [3.05, 3.63) is 95.3 Å². The summed E-state index contributed by atoms with van der Waals surface area (Å²) in [6, 6.07) is 19.0. The quantitative estimate of drug-likeness (QED) is 0.565. The number of fused-ring (bicyclic) bond motifs is 2. The Morgan fingerprint density at radius 2 is 1.97 bits per heavy atom. The van der Waals surface area contributed by atoms with Crippen LogP contribution < -0.4 is 5.32 Å². The van der Waals surface area contributed by atoms with Crippen molar-refractivity contribution in [2.24, 2.45) is 0 Å². The lowest BCUT2D eigenvalue weighted by molar-refractivity contribution is -0.123. The molecule has 2 aliphatic rings. The van der Waals surface area contributed by atoms with E-state index in [1.165, 1.54) is 0 Å². The summed E-state index contributed by atoms with van der Waals surface area (Å²) in [6.07, 6.45) is 4.05. The zero-order valence-electron chi connectivity index (χ0n) is 19.7. The zero-order valence-corrected chi connectivity index (χ0v) is 19.7. The Morgan fingerprint density at radius 1 is 1.20 bits per heavy atom. The van der Waals surface area contributed by atoms with Crippen LogP contribution in [0, 0.1) is 0 Å². The van der Waals surface area contributed by atoms with Crippen molar-refractivity contribution in [1.82, 2.24) is 14.8 Å². The van der Waals surface area contributed by atoms with Gasteiger partial charge in [-0.3, -0.25) is 19.4 Å². The normalized spacial score (nSPS) is 20.3. The van der Waals surface area contributed by atoms with Crippen LogP contribution in [0.2, 0.25) is 0 Å². The number of hydrogen-bond donors (Lipinski definition) is 2. The highest BCUT2D eigenvalue weighted by Crippen LogP contribution is 2.54. The molecule has 5 rings (SSSR count). The third-order valence-corrected chi connectivity index (χ3v) is 6.52. The number of carboxylic acid groups (broad SMARTS) is 1. The Morgan fingerprint density at radius 3 is 2.69 bits per heavy atom. The number of carbonyl (C=O) groups is 3. The first-order valence-electron chi connectivity index (χ1n) is 11.4. The molecule has 2 amide bonds. The van der Waals surface area contributed by atoms with Gasteiger partial charge in [-0.2, -0.15) is 0 Å². The van der Waals surface area contributed by atoms with Gasteiger partial charge in [-0.15, -0.1) is 0 Å². The zero-order chi connectivity index (χ0) is 25.0. The second kappa shape index (κ2) is 10.1. The summed E-state index contributed by atoms with van der Waals surface area (Å²) < 4.78 is 0. The lowest BCUT2D eigenvalue weighted by Gasteiger charge is -2.34. The van der Waals surface area contributed by atoms with E-state index in [4.69, 9.17) is 9.90 Å². The highest BCUT2D eigenvalue weighted by atomic mass is 16.3. The number of para-hydroxylation sites is 1. The van der Waals surface area contributed by atoms with Crippen molar-refractivity contribution in [3.8, 4) is 0 Å². The number of nitrogens with one attached hydrogen (secondary N) is 1. The standard InChI is InChI=1S/C26H26N4O2.CH2O2/c1-29(2)17-18-7-5-8-19(15-18)24(31)30-14-12-26(23(30)20-9-6-13-27-16-20)21-10-3-4-11-22(21)28-25(26)32;2-1-3/h3-11,13,15-16,23H,12,14,17H2,1-2H3,(H,28,32);1H,(H,2,3). The molecule has 8 heteroatoms. The molecule has 2 atom stereocenters. The largest absolute Gasteiger partial charge is 0.483 e. The Hall–Kier alpha value is -4.04. The van der Waals surface area contributed by atoms with E-state index in [0.717, 1.165) is 28.9 Å². The number of nitrogens with zero attached hydrogens (tertiary/aromatic N) is 3. The van der Waals surface area contributed by atoms with E-state index in [1.54, 1.807) is 12.4 Å². The van der Waals surface area contributed by atoms with E-state index in [2.05, 4.69) is 15.2 Å². The molecule has 0 aliphatic carbocycles. The van der Waals surface area contributed by atoms with Crippen LogP contribution in [0.1, 0.15) is 39.5 Å². The Bertz CT molecular complexity index is 1230. The van der Waals surface area contributed by atoms with Gasteiger partial charge in [0.1, 0.15) is 5.41 Å². The topological polar surface area (TPSA) is 103 Å². The van der Waals surface area contributed by atoms with Crippen LogP contribution in [-0.4, -0.2) is 58.8 Å². The fourth-order valence-electron chi connectivity index (χ4n) is 5.24. The molecule has 0 radical (unpaired) electrons. The van der Waals surface area contributed by atoms with Gasteiger partial charge in [-0.1, -0.05) is 36.4 Å². The smallest absolute Gasteiger partial charge is 0.290 e. The third-order valence-electron chi connectivity index (χ3n) is 6.52. The van der Waals surface area contributed by atoms with Gasteiger partial charge in [-0.05, 0) is 61.5 Å². The molecule has 2 aromatic carbocycles. The lowest BCUT2D eigenvalue weighted by Crippen LogP contribution is -2.42. The van der Waals surface area contributed by atoms with Crippen molar-refractivity contribution >= 4 is 24.0 Å². The summed E-state index contributed by atoms with van der Waals surface area (Å²) in [6.45, 7) is 1.00. The first kappa shape index (κ1) is 24.1. The van der Waals surface area contributed by atoms with E-state index in [0.29, 0.717) is 18.5 Å². The number of pyridine rings is 1. The van der Waals surface area contributed by atoms with Crippen molar-refractivity contribution in [1.29, 1.82) is 0 Å². The number of carbonyl (C=O) groups excluding carboxylic acids is 2. The molecular formula is C27H28N4O4. The van der Waals surface area contributed by atoms with Gasteiger partial charge in [0.25, 0.3) is 12.4 Å². The molecule has 180 valence electrons. The number of hydrogen-bond acceptors (Lipinski definition) is 5. The molecule has 3 aromatic rings. The summed E-state index contributed by atoms with van der Waals surface area (Å²) in [5.41, 5.74) is 3.55. The van der Waals surface area contributed by atoms with Crippen LogP contribution in [0.3, 0.4) is 0 Å². The van der Waals surface area contributed by atoms with Crippen LogP contribution in [0.15, 0.2) is 73.1 Å². The summed E-state index contributed by atoms with van der Waals surface area (Å²) in [7, 11) is 4.01. The van der Waals surface area contributed by atoms with Gasteiger partial charge in [0.15, 0.2) is 0 Å². The van der Waals surface area contributed by atoms with Crippen LogP contribution in [0.4, 0.5) is 5.69 Å². The highest BCUT2D eigenvalue weighted by molar-refractivity contribution is 6.08. The number of benzene rings is 2. The number of rotatable bonds is 4. The van der Waals surface area contributed by atoms with Gasteiger partial charge in [0.2, 0.25) is 5.91 Å². The number of aromatic nitrogens is 1. The van der Waals surface area contributed by atoms with E-state index in [1.807, 2.05) is 79.7 Å². The van der Waals surface area contributed by atoms with E-state index in [-0.39, 0.29) is 18.3 Å². The molecule has 8 nitrogen and oxygen atoms in total. The van der Waals surface area contributed by atoms with Gasteiger partial charge < -0.3 is 20.2 Å². The molecule has 1 saturated heterocycles. The Kier molecular flexibility index (Phi) is 6.93. The maximum Gasteiger partial charge on any atom is 0.290 e. The second-order valence-corrected chi connectivity index (χ2v) is 8.95. The van der Waals surface area contributed by atoms with E-state index >= 15 is 0 Å². The van der Waals surface area contributed by atoms with Crippen molar-refractivity contribution in [2.45, 2.75) is 24.4 Å². The van der Waals surface area contributed by atoms with Gasteiger partial charge in [0.05, 0.1) is 6.04 Å². The summed E-state index contributed by atoms with van der Waals surface area (Å²) in [5.74, 6) is -0.113. The Balaban J connectivity index is 0.000000917. The fraction of sp³-hybridized carbons (Fsp3) is 0.259. The van der Waals surface area contributed by atoms with Crippen LogP contribution in [0.25, 0.3) is 0 Å². The molecule has 0 saturated carbocycles. The van der Waals surface area contributed by atoms with Crippen molar-refractivity contribution in [2.75, 3.05) is 26.0 Å². The van der Waals surface area contributed by atoms with Gasteiger partial charge >= 0.3 is 0 Å². The van der Waals surface area contributed by atoms with Gasteiger partial charge in [-0.25, -0.2) is 0 Å². The predicted molar refractivity (Wildman–Crippen MR) is 132 cm³/mol. The Labute approximate surface area is 204 Å². The molecule has 2 N–H and O–H groups in total. The molecule has 1 fully saturated rings. The number of amides is 2. The van der Waals surface area contributed by atoms with Crippen LogP contribution >= 0.6 is 0 Å². The molecule has 35 heavy (non-hydrogen) atoms. The van der Waals surface area contributed by atoms with Crippen molar-refractivity contribution < 1.29 is 19.5 Å². The molecule has 1 aromatic heterocycles. The molecular weight excluding hydrogens is 444 g/mol. The fourth-order valence-corrected chi connectivity index (χ4v) is 5.24. The maximum atomic E-state index is 13.8. The molecule has 3 heterocycles. The lowest BCUT2D eigenvalue weighted by atomic mass is 9.73. The average molecular weight is 473 g/mol. The summed E-state index contributed by atoms with van der Waals surface area (Å²) in [5, 5.41) is 9.95. The summed E-state index contributed by atoms with van der Waals surface area (Å²) >= 11 is 0. The monoisotopic (exact) mass is 472 g/mol. The summed E-state index contributed by atoms with van der Waals surface area (Å²) in [4.78, 5) is 43.8. The van der Waals surface area contributed by atoms with Crippen LogP contribution in [0.5, 0.6) is 0 Å². The number of anilines is 1. The SMILES string of the molecule is CN(C)Cc1cccc(C(=O)N2CCC3(C(=O)Nc4ccccc43)C2c2cccnc2)c1.O=CO. The molecule has 0 bridgehead atoms. The molecule has 2 unspecified atom stereocenters. The van der Waals surface area contributed by atoms with E-state index < -0.39 is 11.5 Å². The third kappa shape index (κ3) is 4.40. The number of likely N-dealkylation sites (tertiary alicyclic amines) is 1. The first-order chi connectivity index (χ1) is 16.9. The first-order valence-corrected chi connectivity index (χ1v) is 11.4. The second-order valence-electron chi connectivity index (χ2n) is 8.95. The minimum Gasteiger partial charge on any atom is -0.483 e.